The fourth-order valence-corrected chi connectivity index (χ4v) is 1.47. The van der Waals surface area contributed by atoms with Crippen LogP contribution in [-0.4, -0.2) is 17.4 Å². The van der Waals surface area contributed by atoms with E-state index in [2.05, 4.69) is 10.7 Å². The summed E-state index contributed by atoms with van der Waals surface area (Å²) in [6.45, 7) is 6.38. The molecule has 0 unspecified atom stereocenters. The van der Waals surface area contributed by atoms with E-state index >= 15 is 0 Å². The van der Waals surface area contributed by atoms with Crippen molar-refractivity contribution in [1.29, 1.82) is 0 Å². The van der Waals surface area contributed by atoms with Crippen LogP contribution in [0.5, 0.6) is 0 Å². The standard InChI is InChI=1S/C12H18N4O3/c1-12(2,3)7-14-11(17)8-5-4-6-9(16(18)19)10(8)15-13/h4-6,15H,7,13H2,1-3H3,(H,14,17). The minimum atomic E-state index is -0.588. The summed E-state index contributed by atoms with van der Waals surface area (Å²) in [6.07, 6.45) is 0. The Hall–Kier alpha value is -2.15. The zero-order valence-electron chi connectivity index (χ0n) is 11.2. The van der Waals surface area contributed by atoms with Crippen LogP contribution in [0.1, 0.15) is 31.1 Å². The SMILES string of the molecule is CC(C)(C)CNC(=O)c1cccc([N+](=O)[O-])c1NN. The molecule has 0 saturated heterocycles. The highest BCUT2D eigenvalue weighted by atomic mass is 16.6. The van der Waals surface area contributed by atoms with Crippen molar-refractivity contribution < 1.29 is 9.72 Å². The number of nitrogens with two attached hydrogens (primary N) is 1. The minimum Gasteiger partial charge on any atom is -0.351 e. The second-order valence-electron chi connectivity index (χ2n) is 5.34. The van der Waals surface area contributed by atoms with Crippen LogP contribution in [0.4, 0.5) is 11.4 Å². The summed E-state index contributed by atoms with van der Waals surface area (Å²) in [5.74, 6) is 4.88. The zero-order valence-corrected chi connectivity index (χ0v) is 11.2. The average molecular weight is 266 g/mol. The Morgan fingerprint density at radius 2 is 2.05 bits per heavy atom. The first-order valence-electron chi connectivity index (χ1n) is 5.78. The number of nitrogen functional groups attached to an aromatic ring is 1. The van der Waals surface area contributed by atoms with Crippen LogP contribution in [0, 0.1) is 15.5 Å². The largest absolute Gasteiger partial charge is 0.351 e. The van der Waals surface area contributed by atoms with E-state index in [-0.39, 0.29) is 22.4 Å². The highest BCUT2D eigenvalue weighted by molar-refractivity contribution is 6.01. The third kappa shape index (κ3) is 3.92. The lowest BCUT2D eigenvalue weighted by Gasteiger charge is -2.19. The molecule has 0 fully saturated rings. The third-order valence-corrected chi connectivity index (χ3v) is 2.41. The molecule has 0 heterocycles. The lowest BCUT2D eigenvalue weighted by atomic mass is 9.97. The maximum absolute atomic E-state index is 12.0. The van der Waals surface area contributed by atoms with E-state index in [0.29, 0.717) is 6.54 Å². The number of hydrazine groups is 1. The number of nitrogens with zero attached hydrogens (tertiary/aromatic N) is 1. The van der Waals surface area contributed by atoms with Crippen LogP contribution >= 0.6 is 0 Å². The molecule has 1 amide bonds. The minimum absolute atomic E-state index is 0.0129. The molecule has 7 nitrogen and oxygen atoms in total. The molecule has 0 aliphatic rings. The van der Waals surface area contributed by atoms with Gasteiger partial charge in [0.2, 0.25) is 0 Å². The number of benzene rings is 1. The summed E-state index contributed by atoms with van der Waals surface area (Å²) < 4.78 is 0. The number of carbonyl (C=O) groups excluding carboxylic acids is 1. The van der Waals surface area contributed by atoms with E-state index < -0.39 is 10.8 Å². The van der Waals surface area contributed by atoms with Gasteiger partial charge in [-0.05, 0) is 11.5 Å². The zero-order chi connectivity index (χ0) is 14.6. The summed E-state index contributed by atoms with van der Waals surface area (Å²) >= 11 is 0. The molecule has 1 aromatic rings. The van der Waals surface area contributed by atoms with Crippen LogP contribution in [-0.2, 0) is 0 Å². The topological polar surface area (TPSA) is 110 Å². The van der Waals surface area contributed by atoms with E-state index in [1.54, 1.807) is 0 Å². The van der Waals surface area contributed by atoms with Crippen molar-refractivity contribution in [3.63, 3.8) is 0 Å². The number of anilines is 1. The summed E-state index contributed by atoms with van der Waals surface area (Å²) in [7, 11) is 0. The molecule has 104 valence electrons. The molecule has 0 radical (unpaired) electrons. The molecule has 1 rings (SSSR count). The Morgan fingerprint density at radius 3 is 2.53 bits per heavy atom. The molecule has 0 spiro atoms. The summed E-state index contributed by atoms with van der Waals surface area (Å²) in [4.78, 5) is 22.3. The Bertz CT molecular complexity index is 494. The van der Waals surface area contributed by atoms with Crippen LogP contribution in [0.15, 0.2) is 18.2 Å². The number of amides is 1. The number of nitro benzene ring substituents is 1. The number of nitrogens with one attached hydrogen (secondary N) is 2. The second-order valence-corrected chi connectivity index (χ2v) is 5.34. The van der Waals surface area contributed by atoms with Crippen LogP contribution < -0.4 is 16.6 Å². The second kappa shape index (κ2) is 5.66. The summed E-state index contributed by atoms with van der Waals surface area (Å²) in [5, 5.41) is 13.6. The molecule has 0 bridgehead atoms. The number of hydrogen-bond donors (Lipinski definition) is 3. The van der Waals surface area contributed by atoms with E-state index in [0.717, 1.165) is 0 Å². The van der Waals surface area contributed by atoms with Gasteiger partial charge in [-0.1, -0.05) is 26.8 Å². The molecular weight excluding hydrogens is 248 g/mol. The molecule has 0 aliphatic heterocycles. The third-order valence-electron chi connectivity index (χ3n) is 2.41. The molecular formula is C12H18N4O3. The first kappa shape index (κ1) is 14.9. The predicted molar refractivity (Wildman–Crippen MR) is 72.7 cm³/mol. The molecule has 1 aromatic carbocycles. The monoisotopic (exact) mass is 266 g/mol. The number of para-hydroxylation sites is 1. The van der Waals surface area contributed by atoms with Gasteiger partial charge in [0, 0.05) is 12.6 Å². The van der Waals surface area contributed by atoms with Gasteiger partial charge >= 0.3 is 0 Å². The van der Waals surface area contributed by atoms with Gasteiger partial charge in [0.05, 0.1) is 10.5 Å². The van der Waals surface area contributed by atoms with Gasteiger partial charge in [-0.2, -0.15) is 0 Å². The molecule has 7 heteroatoms. The van der Waals surface area contributed by atoms with Crippen molar-refractivity contribution >= 4 is 17.3 Å². The highest BCUT2D eigenvalue weighted by Gasteiger charge is 2.21. The summed E-state index contributed by atoms with van der Waals surface area (Å²) in [5.41, 5.74) is 2.08. The van der Waals surface area contributed by atoms with Gasteiger partial charge < -0.3 is 10.7 Å². The van der Waals surface area contributed by atoms with Crippen molar-refractivity contribution in [1.82, 2.24) is 5.32 Å². The quantitative estimate of drug-likeness (QED) is 0.436. The van der Waals surface area contributed by atoms with Crippen molar-refractivity contribution in [2.45, 2.75) is 20.8 Å². The number of nitro groups is 1. The smallest absolute Gasteiger partial charge is 0.294 e. The van der Waals surface area contributed by atoms with Crippen LogP contribution in [0.2, 0.25) is 0 Å². The van der Waals surface area contributed by atoms with Crippen molar-refractivity contribution in [3.8, 4) is 0 Å². The molecule has 4 N–H and O–H groups in total. The van der Waals surface area contributed by atoms with E-state index in [1.807, 2.05) is 20.8 Å². The Balaban J connectivity index is 3.03. The fraction of sp³-hybridized carbons (Fsp3) is 0.417. The Kier molecular flexibility index (Phi) is 4.44. The summed E-state index contributed by atoms with van der Waals surface area (Å²) in [6, 6.07) is 4.22. The van der Waals surface area contributed by atoms with E-state index in [1.165, 1.54) is 18.2 Å². The lowest BCUT2D eigenvalue weighted by Crippen LogP contribution is -2.33. The fourth-order valence-electron chi connectivity index (χ4n) is 1.47. The van der Waals surface area contributed by atoms with E-state index in [9.17, 15) is 14.9 Å². The van der Waals surface area contributed by atoms with Crippen LogP contribution in [0.25, 0.3) is 0 Å². The molecule has 0 aliphatic carbocycles. The first-order valence-corrected chi connectivity index (χ1v) is 5.78. The normalized spacial score (nSPS) is 10.9. The maximum Gasteiger partial charge on any atom is 0.294 e. The highest BCUT2D eigenvalue weighted by Crippen LogP contribution is 2.27. The van der Waals surface area contributed by atoms with Gasteiger partial charge in [-0.25, -0.2) is 0 Å². The lowest BCUT2D eigenvalue weighted by molar-refractivity contribution is -0.384. The molecule has 0 saturated carbocycles. The van der Waals surface area contributed by atoms with Crippen molar-refractivity contribution in [3.05, 3.63) is 33.9 Å². The van der Waals surface area contributed by atoms with Gasteiger partial charge in [0.1, 0.15) is 5.69 Å². The number of rotatable bonds is 4. The van der Waals surface area contributed by atoms with Gasteiger partial charge in [0.15, 0.2) is 0 Å². The van der Waals surface area contributed by atoms with Crippen molar-refractivity contribution in [2.24, 2.45) is 11.3 Å². The maximum atomic E-state index is 12.0. The predicted octanol–water partition coefficient (Wildman–Crippen LogP) is 1.66. The Labute approximate surface area is 111 Å². The number of hydrogen-bond acceptors (Lipinski definition) is 5. The van der Waals surface area contributed by atoms with Crippen molar-refractivity contribution in [2.75, 3.05) is 12.0 Å². The molecule has 0 aromatic heterocycles. The first-order chi connectivity index (χ1) is 8.76. The Morgan fingerprint density at radius 1 is 1.42 bits per heavy atom. The molecule has 19 heavy (non-hydrogen) atoms. The van der Waals surface area contributed by atoms with Gasteiger partial charge in [-0.15, -0.1) is 0 Å². The average Bonchev–Trinajstić information content (AvgIpc) is 2.33. The van der Waals surface area contributed by atoms with Gasteiger partial charge in [-0.3, -0.25) is 20.8 Å². The number of carbonyl (C=O) groups is 1. The van der Waals surface area contributed by atoms with Gasteiger partial charge in [0.25, 0.3) is 11.6 Å². The molecule has 0 atom stereocenters. The van der Waals surface area contributed by atoms with Crippen LogP contribution in [0.3, 0.4) is 0 Å². The van der Waals surface area contributed by atoms with E-state index in [4.69, 9.17) is 5.84 Å².